The number of nitrogens with one attached hydrogen (secondary N) is 1. The van der Waals surface area contributed by atoms with Crippen LogP contribution in [0.1, 0.15) is 31.4 Å². The lowest BCUT2D eigenvalue weighted by atomic mass is 9.94. The molecule has 2 heterocycles. The fourth-order valence-electron chi connectivity index (χ4n) is 3.09. The van der Waals surface area contributed by atoms with E-state index in [1.54, 1.807) is 18.6 Å². The highest BCUT2D eigenvalue weighted by Crippen LogP contribution is 2.27. The summed E-state index contributed by atoms with van der Waals surface area (Å²) in [5, 5.41) is 3.60. The van der Waals surface area contributed by atoms with E-state index in [4.69, 9.17) is 11.6 Å². The molecule has 1 aromatic heterocycles. The van der Waals surface area contributed by atoms with Gasteiger partial charge in [-0.2, -0.15) is 0 Å². The molecule has 0 spiro atoms. The van der Waals surface area contributed by atoms with Crippen LogP contribution in [-0.4, -0.2) is 33.9 Å². The molecule has 1 amide bonds. The van der Waals surface area contributed by atoms with Crippen molar-refractivity contribution in [2.75, 3.05) is 18.4 Å². The fraction of sp³-hybridized carbons (Fsp3) is 0.389. The minimum atomic E-state index is 0.0284. The molecule has 0 bridgehead atoms. The van der Waals surface area contributed by atoms with Crippen molar-refractivity contribution in [3.8, 4) is 0 Å². The lowest BCUT2D eigenvalue weighted by Crippen LogP contribution is -2.39. The van der Waals surface area contributed by atoms with Crippen LogP contribution >= 0.6 is 11.6 Å². The van der Waals surface area contributed by atoms with Gasteiger partial charge in [-0.25, -0.2) is 4.98 Å². The van der Waals surface area contributed by atoms with Gasteiger partial charge in [0.1, 0.15) is 0 Å². The van der Waals surface area contributed by atoms with E-state index in [0.29, 0.717) is 11.9 Å². The van der Waals surface area contributed by atoms with Crippen LogP contribution in [0.4, 0.5) is 5.82 Å². The summed E-state index contributed by atoms with van der Waals surface area (Å²) in [6.45, 7) is 4.01. The van der Waals surface area contributed by atoms with Crippen molar-refractivity contribution in [2.45, 2.75) is 25.8 Å². The Hall–Kier alpha value is -1.98. The van der Waals surface area contributed by atoms with Crippen LogP contribution in [0.15, 0.2) is 42.9 Å². The summed E-state index contributed by atoms with van der Waals surface area (Å²) in [5.41, 5.74) is 1.25. The normalized spacial score (nSPS) is 17.4. The highest BCUT2D eigenvalue weighted by Gasteiger charge is 2.27. The van der Waals surface area contributed by atoms with Crippen LogP contribution < -0.4 is 5.32 Å². The van der Waals surface area contributed by atoms with Gasteiger partial charge in [0.05, 0.1) is 6.20 Å². The third-order valence-corrected chi connectivity index (χ3v) is 4.87. The first-order valence-electron chi connectivity index (χ1n) is 8.20. The summed E-state index contributed by atoms with van der Waals surface area (Å²) in [5.74, 6) is 0.578. The molecule has 1 aromatic carbocycles. The Kier molecular flexibility index (Phi) is 5.43. The number of nitrogens with zero attached hydrogens (tertiary/aromatic N) is 3. The molecule has 2 aromatic rings. The Bertz CT molecular complexity index is 669. The number of halogens is 1. The second-order valence-corrected chi connectivity index (χ2v) is 6.55. The van der Waals surface area contributed by atoms with Crippen molar-refractivity contribution in [1.29, 1.82) is 0 Å². The highest BCUT2D eigenvalue weighted by atomic mass is 35.5. The van der Waals surface area contributed by atoms with Gasteiger partial charge in [0.2, 0.25) is 5.91 Å². The standard InChI is InChI=1S/C18H21ClN4O/c1-13(14-2-4-16(19)5-3-14)23-10-6-15(7-11-23)18(24)22-17-12-20-8-9-21-17/h2-5,8-9,12-13,15H,6-7,10-11H2,1H3,(H,21,22,24)/t13-/m0/s1. The van der Waals surface area contributed by atoms with Crippen LogP contribution in [-0.2, 0) is 4.79 Å². The molecular weight excluding hydrogens is 324 g/mol. The molecule has 1 aliphatic heterocycles. The summed E-state index contributed by atoms with van der Waals surface area (Å²) in [4.78, 5) is 22.8. The minimum Gasteiger partial charge on any atom is -0.309 e. The first kappa shape index (κ1) is 16.9. The Morgan fingerprint density at radius 2 is 1.96 bits per heavy atom. The number of hydrogen-bond acceptors (Lipinski definition) is 4. The van der Waals surface area contributed by atoms with Gasteiger partial charge in [0, 0.05) is 29.4 Å². The van der Waals surface area contributed by atoms with E-state index >= 15 is 0 Å². The summed E-state index contributed by atoms with van der Waals surface area (Å²) >= 11 is 5.96. The molecule has 1 N–H and O–H groups in total. The maximum Gasteiger partial charge on any atom is 0.228 e. The SMILES string of the molecule is C[C@@H](c1ccc(Cl)cc1)N1CCC(C(=O)Nc2cnccn2)CC1. The molecule has 0 saturated carbocycles. The largest absolute Gasteiger partial charge is 0.309 e. The van der Waals surface area contributed by atoms with Crippen LogP contribution in [0.3, 0.4) is 0 Å². The van der Waals surface area contributed by atoms with Gasteiger partial charge < -0.3 is 5.32 Å². The predicted octanol–water partition coefficient (Wildman–Crippen LogP) is 3.54. The molecule has 1 aliphatic rings. The lowest BCUT2D eigenvalue weighted by Gasteiger charge is -2.35. The third kappa shape index (κ3) is 4.10. The zero-order chi connectivity index (χ0) is 16.9. The average molecular weight is 345 g/mol. The van der Waals surface area contributed by atoms with Gasteiger partial charge in [0.25, 0.3) is 0 Å². The molecule has 24 heavy (non-hydrogen) atoms. The highest BCUT2D eigenvalue weighted by molar-refractivity contribution is 6.30. The Labute approximate surface area is 147 Å². The average Bonchev–Trinajstić information content (AvgIpc) is 2.63. The van der Waals surface area contributed by atoms with E-state index in [1.807, 2.05) is 12.1 Å². The van der Waals surface area contributed by atoms with E-state index in [2.05, 4.69) is 39.2 Å². The number of rotatable bonds is 4. The number of anilines is 1. The summed E-state index contributed by atoms with van der Waals surface area (Å²) in [7, 11) is 0. The third-order valence-electron chi connectivity index (χ3n) is 4.61. The van der Waals surface area contributed by atoms with E-state index in [1.165, 1.54) is 5.56 Å². The Morgan fingerprint density at radius 3 is 2.58 bits per heavy atom. The molecule has 0 radical (unpaired) electrons. The van der Waals surface area contributed by atoms with Crippen LogP contribution in [0, 0.1) is 5.92 Å². The molecule has 1 atom stereocenters. The Balaban J connectivity index is 1.53. The topological polar surface area (TPSA) is 58.1 Å². The number of benzene rings is 1. The van der Waals surface area contributed by atoms with E-state index < -0.39 is 0 Å². The lowest BCUT2D eigenvalue weighted by molar-refractivity contribution is -0.121. The molecule has 1 saturated heterocycles. The van der Waals surface area contributed by atoms with Gasteiger partial charge in [0.15, 0.2) is 5.82 Å². The molecule has 126 valence electrons. The number of carbonyl (C=O) groups is 1. The first-order chi connectivity index (χ1) is 11.6. The van der Waals surface area contributed by atoms with Gasteiger partial charge in [-0.1, -0.05) is 23.7 Å². The van der Waals surface area contributed by atoms with Gasteiger partial charge in [-0.15, -0.1) is 0 Å². The van der Waals surface area contributed by atoms with Gasteiger partial charge in [-0.05, 0) is 50.6 Å². The van der Waals surface area contributed by atoms with E-state index in [9.17, 15) is 4.79 Å². The molecule has 5 nitrogen and oxygen atoms in total. The molecule has 3 rings (SSSR count). The number of likely N-dealkylation sites (tertiary alicyclic amines) is 1. The summed E-state index contributed by atoms with van der Waals surface area (Å²) in [6.07, 6.45) is 6.43. The van der Waals surface area contributed by atoms with Crippen molar-refractivity contribution >= 4 is 23.3 Å². The zero-order valence-electron chi connectivity index (χ0n) is 13.7. The second-order valence-electron chi connectivity index (χ2n) is 6.12. The summed E-state index contributed by atoms with van der Waals surface area (Å²) < 4.78 is 0. The second kappa shape index (κ2) is 7.73. The van der Waals surface area contributed by atoms with Crippen molar-refractivity contribution < 1.29 is 4.79 Å². The Morgan fingerprint density at radius 1 is 1.25 bits per heavy atom. The van der Waals surface area contributed by atoms with Crippen LogP contribution in [0.25, 0.3) is 0 Å². The predicted molar refractivity (Wildman–Crippen MR) is 94.8 cm³/mol. The number of aromatic nitrogens is 2. The molecular formula is C18H21ClN4O. The number of piperidine rings is 1. The van der Waals surface area contributed by atoms with Crippen molar-refractivity contribution in [1.82, 2.24) is 14.9 Å². The van der Waals surface area contributed by atoms with E-state index in [-0.39, 0.29) is 11.8 Å². The molecule has 0 aliphatic carbocycles. The maximum absolute atomic E-state index is 12.3. The van der Waals surface area contributed by atoms with E-state index in [0.717, 1.165) is 31.0 Å². The van der Waals surface area contributed by atoms with Crippen molar-refractivity contribution in [2.24, 2.45) is 5.92 Å². The summed E-state index contributed by atoms with van der Waals surface area (Å²) in [6, 6.07) is 8.31. The zero-order valence-corrected chi connectivity index (χ0v) is 14.4. The molecule has 0 unspecified atom stereocenters. The van der Waals surface area contributed by atoms with Gasteiger partial charge >= 0.3 is 0 Å². The minimum absolute atomic E-state index is 0.0284. The van der Waals surface area contributed by atoms with Crippen molar-refractivity contribution in [3.05, 3.63) is 53.4 Å². The van der Waals surface area contributed by atoms with Gasteiger partial charge in [-0.3, -0.25) is 14.7 Å². The molecule has 1 fully saturated rings. The quantitative estimate of drug-likeness (QED) is 0.921. The smallest absolute Gasteiger partial charge is 0.228 e. The number of amides is 1. The maximum atomic E-state index is 12.3. The first-order valence-corrected chi connectivity index (χ1v) is 8.57. The molecule has 6 heteroatoms. The number of carbonyl (C=O) groups excluding carboxylic acids is 1. The monoisotopic (exact) mass is 344 g/mol. The number of hydrogen-bond donors (Lipinski definition) is 1. The van der Waals surface area contributed by atoms with Crippen molar-refractivity contribution in [3.63, 3.8) is 0 Å². The van der Waals surface area contributed by atoms with Crippen LogP contribution in [0.2, 0.25) is 5.02 Å². The fourth-order valence-corrected chi connectivity index (χ4v) is 3.22. The van der Waals surface area contributed by atoms with Crippen LogP contribution in [0.5, 0.6) is 0 Å².